The van der Waals surface area contributed by atoms with Crippen LogP contribution in [0.3, 0.4) is 0 Å². The predicted molar refractivity (Wildman–Crippen MR) is 114 cm³/mol. The van der Waals surface area contributed by atoms with Gasteiger partial charge >= 0.3 is 6.18 Å². The fourth-order valence-electron chi connectivity index (χ4n) is 3.37. The first kappa shape index (κ1) is 21.7. The molecule has 2 heterocycles. The van der Waals surface area contributed by atoms with E-state index in [2.05, 4.69) is 20.4 Å². The number of hydrogen-bond donors (Lipinski definition) is 2. The summed E-state index contributed by atoms with van der Waals surface area (Å²) in [5.74, 6) is -0.257. The molecule has 2 aromatic carbocycles. The van der Waals surface area contributed by atoms with Gasteiger partial charge in [0, 0.05) is 30.9 Å². The third kappa shape index (κ3) is 4.26. The Labute approximate surface area is 181 Å². The zero-order valence-corrected chi connectivity index (χ0v) is 17.1. The first-order valence-electron chi connectivity index (χ1n) is 9.89. The van der Waals surface area contributed by atoms with Crippen molar-refractivity contribution in [1.82, 2.24) is 19.7 Å². The zero-order valence-electron chi connectivity index (χ0n) is 17.1. The highest BCUT2D eigenvalue weighted by Gasteiger charge is 2.31. The Kier molecular flexibility index (Phi) is 5.79. The van der Waals surface area contributed by atoms with E-state index in [0.29, 0.717) is 41.5 Å². The predicted octanol–water partition coefficient (Wildman–Crippen LogP) is 4.62. The van der Waals surface area contributed by atoms with E-state index in [-0.39, 0.29) is 5.56 Å². The number of fused-ring (bicyclic) bond motifs is 1. The Morgan fingerprint density at radius 1 is 1.06 bits per heavy atom. The van der Waals surface area contributed by atoms with Crippen molar-refractivity contribution in [3.8, 4) is 22.4 Å². The quantitative estimate of drug-likeness (QED) is 0.335. The van der Waals surface area contributed by atoms with Crippen LogP contribution in [0.2, 0.25) is 0 Å². The molecule has 0 aliphatic carbocycles. The maximum absolute atomic E-state index is 14.2. The van der Waals surface area contributed by atoms with Crippen molar-refractivity contribution >= 4 is 17.0 Å². The number of benzene rings is 2. The highest BCUT2D eigenvalue weighted by molar-refractivity contribution is 5.91. The third-order valence-corrected chi connectivity index (χ3v) is 5.01. The maximum Gasteiger partial charge on any atom is 0.416 e. The number of halogens is 4. The van der Waals surface area contributed by atoms with Crippen LogP contribution in [-0.2, 0) is 13.2 Å². The number of nitrogens with one attached hydrogen (secondary N) is 1. The molecule has 0 spiro atoms. The second kappa shape index (κ2) is 8.54. The van der Waals surface area contributed by atoms with Crippen LogP contribution in [0.1, 0.15) is 12.0 Å². The maximum atomic E-state index is 14.2. The lowest BCUT2D eigenvalue weighted by Gasteiger charge is -2.10. The summed E-state index contributed by atoms with van der Waals surface area (Å²) in [6.45, 7) is 1.21. The van der Waals surface area contributed by atoms with Crippen molar-refractivity contribution in [3.63, 3.8) is 0 Å². The van der Waals surface area contributed by atoms with Gasteiger partial charge in [0.2, 0.25) is 5.95 Å². The summed E-state index contributed by atoms with van der Waals surface area (Å²) in [6.07, 6.45) is -2.10. The Hall–Kier alpha value is -3.53. The average molecular weight is 444 g/mol. The molecule has 0 saturated carbocycles. The fourth-order valence-corrected chi connectivity index (χ4v) is 3.37. The van der Waals surface area contributed by atoms with Gasteiger partial charge in [-0.25, -0.2) is 14.1 Å². The number of rotatable bonds is 6. The summed E-state index contributed by atoms with van der Waals surface area (Å²) in [6, 6.07) is 8.87. The van der Waals surface area contributed by atoms with Crippen molar-refractivity contribution in [3.05, 3.63) is 60.0 Å². The highest BCUT2D eigenvalue weighted by Crippen LogP contribution is 2.34. The Bertz CT molecular complexity index is 1250. The number of aryl methyl sites for hydroxylation is 1. The molecule has 0 bridgehead atoms. The van der Waals surface area contributed by atoms with Crippen LogP contribution >= 0.6 is 0 Å². The molecule has 3 N–H and O–H groups in total. The highest BCUT2D eigenvalue weighted by atomic mass is 19.4. The Balaban J connectivity index is 1.66. The van der Waals surface area contributed by atoms with Crippen LogP contribution in [0.4, 0.5) is 23.5 Å². The minimum atomic E-state index is -4.55. The lowest BCUT2D eigenvalue weighted by molar-refractivity contribution is -0.137. The first-order chi connectivity index (χ1) is 15.3. The summed E-state index contributed by atoms with van der Waals surface area (Å²) in [5.41, 5.74) is 6.76. The van der Waals surface area contributed by atoms with Crippen LogP contribution in [0.5, 0.6) is 0 Å². The molecule has 2 aromatic heterocycles. The summed E-state index contributed by atoms with van der Waals surface area (Å²) in [4.78, 5) is 8.80. The van der Waals surface area contributed by atoms with Gasteiger partial charge < -0.3 is 11.1 Å². The van der Waals surface area contributed by atoms with E-state index in [9.17, 15) is 17.6 Å². The third-order valence-electron chi connectivity index (χ3n) is 5.01. The molecule has 0 unspecified atom stereocenters. The summed E-state index contributed by atoms with van der Waals surface area (Å²) < 4.78 is 54.9. The van der Waals surface area contributed by atoms with Crippen LogP contribution in [-0.4, -0.2) is 32.8 Å². The Morgan fingerprint density at radius 3 is 2.47 bits per heavy atom. The molecule has 166 valence electrons. The molecule has 0 radical (unpaired) electrons. The standard InChI is InChI=1S/C22H20F4N6/c1-32-20-17(12-29-21(30-20)28-10-2-9-27)19(31-32)14-5-3-13(4-6-14)16-11-15(22(24,25)26)7-8-18(16)23/h3-8,11-12H,2,9-10,27H2,1H3,(H,28,29,30). The second-order valence-corrected chi connectivity index (χ2v) is 7.24. The molecule has 0 saturated heterocycles. The molecular formula is C22H20F4N6. The molecule has 32 heavy (non-hydrogen) atoms. The molecule has 6 nitrogen and oxygen atoms in total. The Morgan fingerprint density at radius 2 is 1.78 bits per heavy atom. The SMILES string of the molecule is Cn1nc(-c2ccc(-c3cc(C(F)(F)F)ccc3F)cc2)c2cnc(NCCCN)nc21. The minimum absolute atomic E-state index is 0.117. The van der Waals surface area contributed by atoms with Crippen LogP contribution in [0, 0.1) is 5.82 Å². The van der Waals surface area contributed by atoms with Gasteiger partial charge in [0.05, 0.1) is 10.9 Å². The molecule has 0 atom stereocenters. The van der Waals surface area contributed by atoms with E-state index >= 15 is 0 Å². The lowest BCUT2D eigenvalue weighted by atomic mass is 10.00. The molecule has 4 rings (SSSR count). The summed E-state index contributed by atoms with van der Waals surface area (Å²) in [5, 5.41) is 8.33. The van der Waals surface area contributed by atoms with Gasteiger partial charge in [-0.15, -0.1) is 0 Å². The summed E-state index contributed by atoms with van der Waals surface area (Å²) in [7, 11) is 1.76. The van der Waals surface area contributed by atoms with Crippen molar-refractivity contribution in [2.24, 2.45) is 12.8 Å². The molecule has 0 fully saturated rings. The van der Waals surface area contributed by atoms with Gasteiger partial charge in [-0.05, 0) is 36.7 Å². The fraction of sp³-hybridized carbons (Fsp3) is 0.227. The van der Waals surface area contributed by atoms with Crippen molar-refractivity contribution < 1.29 is 17.6 Å². The van der Waals surface area contributed by atoms with E-state index in [1.807, 2.05) is 0 Å². The van der Waals surface area contributed by atoms with Gasteiger partial charge in [0.1, 0.15) is 11.5 Å². The molecule has 0 aliphatic heterocycles. The van der Waals surface area contributed by atoms with Gasteiger partial charge in [-0.1, -0.05) is 24.3 Å². The van der Waals surface area contributed by atoms with Crippen LogP contribution < -0.4 is 11.1 Å². The van der Waals surface area contributed by atoms with E-state index in [1.54, 1.807) is 42.2 Å². The number of alkyl halides is 3. The van der Waals surface area contributed by atoms with Gasteiger partial charge in [0.15, 0.2) is 5.65 Å². The van der Waals surface area contributed by atoms with Gasteiger partial charge in [-0.3, -0.25) is 0 Å². The lowest BCUT2D eigenvalue weighted by Crippen LogP contribution is -2.10. The van der Waals surface area contributed by atoms with E-state index in [0.717, 1.165) is 30.0 Å². The van der Waals surface area contributed by atoms with E-state index < -0.39 is 17.6 Å². The van der Waals surface area contributed by atoms with Crippen LogP contribution in [0.25, 0.3) is 33.4 Å². The number of anilines is 1. The number of nitrogens with two attached hydrogens (primary N) is 1. The smallest absolute Gasteiger partial charge is 0.354 e. The zero-order chi connectivity index (χ0) is 22.9. The van der Waals surface area contributed by atoms with E-state index in [4.69, 9.17) is 5.73 Å². The normalized spacial score (nSPS) is 11.8. The van der Waals surface area contributed by atoms with Crippen molar-refractivity contribution in [1.29, 1.82) is 0 Å². The largest absolute Gasteiger partial charge is 0.416 e. The van der Waals surface area contributed by atoms with Gasteiger partial charge in [0.25, 0.3) is 0 Å². The van der Waals surface area contributed by atoms with Crippen molar-refractivity contribution in [2.45, 2.75) is 12.6 Å². The average Bonchev–Trinajstić information content (AvgIpc) is 3.10. The molecule has 10 heteroatoms. The second-order valence-electron chi connectivity index (χ2n) is 7.24. The topological polar surface area (TPSA) is 81.7 Å². The molecule has 0 aliphatic rings. The molecular weight excluding hydrogens is 424 g/mol. The minimum Gasteiger partial charge on any atom is -0.354 e. The van der Waals surface area contributed by atoms with Gasteiger partial charge in [-0.2, -0.15) is 23.3 Å². The number of aromatic nitrogens is 4. The van der Waals surface area contributed by atoms with Crippen molar-refractivity contribution in [2.75, 3.05) is 18.4 Å². The molecule has 0 amide bonds. The number of hydrogen-bond acceptors (Lipinski definition) is 5. The van der Waals surface area contributed by atoms with Crippen LogP contribution in [0.15, 0.2) is 48.7 Å². The number of nitrogens with zero attached hydrogens (tertiary/aromatic N) is 4. The summed E-state index contributed by atoms with van der Waals surface area (Å²) >= 11 is 0. The van der Waals surface area contributed by atoms with E-state index in [1.165, 1.54) is 0 Å². The first-order valence-corrected chi connectivity index (χ1v) is 9.89. The molecule has 4 aromatic rings. The monoisotopic (exact) mass is 444 g/mol.